The predicted octanol–water partition coefficient (Wildman–Crippen LogP) is 2.30. The van der Waals surface area contributed by atoms with Gasteiger partial charge in [-0.1, -0.05) is 36.4 Å². The van der Waals surface area contributed by atoms with Crippen molar-refractivity contribution in [2.24, 2.45) is 5.73 Å². The lowest BCUT2D eigenvalue weighted by molar-refractivity contribution is -0.167. The number of amides is 2. The van der Waals surface area contributed by atoms with Gasteiger partial charge in [-0.15, -0.1) is 0 Å². The Hall–Kier alpha value is -2.77. The molecule has 0 spiro atoms. The van der Waals surface area contributed by atoms with Crippen molar-refractivity contribution in [2.75, 3.05) is 26.3 Å². The van der Waals surface area contributed by atoms with Gasteiger partial charge in [-0.25, -0.2) is 4.39 Å². The molecule has 2 aromatic rings. The second-order valence-corrected chi connectivity index (χ2v) is 7.85. The number of nitrogens with zero attached hydrogens (tertiary/aromatic N) is 1. The minimum Gasteiger partial charge on any atom is -0.368 e. The molecule has 2 aromatic carbocycles. The summed E-state index contributed by atoms with van der Waals surface area (Å²) in [6.07, 6.45) is 1.39. The molecule has 0 saturated carbocycles. The summed E-state index contributed by atoms with van der Waals surface area (Å²) in [5.41, 5.74) is 7.16. The van der Waals surface area contributed by atoms with Gasteiger partial charge in [0.25, 0.3) is 11.8 Å². The molecule has 2 aliphatic heterocycles. The first kappa shape index (κ1) is 20.5. The first-order valence-electron chi connectivity index (χ1n) is 10.2. The SMILES string of the molecule is NC(=O)[C@]1(Cc2ccc(-c3ccc(F)cc3)cc2)CN(C(=O)[C@@H]2CCCO2)CCO1. The van der Waals surface area contributed by atoms with E-state index in [-0.39, 0.29) is 31.3 Å². The monoisotopic (exact) mass is 412 g/mol. The van der Waals surface area contributed by atoms with E-state index in [2.05, 4.69) is 0 Å². The summed E-state index contributed by atoms with van der Waals surface area (Å²) in [5, 5.41) is 0. The highest BCUT2D eigenvalue weighted by Crippen LogP contribution is 2.27. The van der Waals surface area contributed by atoms with E-state index < -0.39 is 17.6 Å². The first-order valence-corrected chi connectivity index (χ1v) is 10.2. The van der Waals surface area contributed by atoms with E-state index in [0.717, 1.165) is 23.1 Å². The van der Waals surface area contributed by atoms with E-state index in [1.807, 2.05) is 24.3 Å². The molecule has 4 rings (SSSR count). The second kappa shape index (κ2) is 8.53. The van der Waals surface area contributed by atoms with Gasteiger partial charge in [0.15, 0.2) is 5.60 Å². The fourth-order valence-corrected chi connectivity index (χ4v) is 4.08. The van der Waals surface area contributed by atoms with Crippen LogP contribution in [0, 0.1) is 5.82 Å². The highest BCUT2D eigenvalue weighted by atomic mass is 19.1. The summed E-state index contributed by atoms with van der Waals surface area (Å²) in [5.74, 6) is -0.974. The summed E-state index contributed by atoms with van der Waals surface area (Å²) in [6, 6.07) is 13.9. The molecule has 2 saturated heterocycles. The third-order valence-corrected chi connectivity index (χ3v) is 5.77. The third-order valence-electron chi connectivity index (χ3n) is 5.77. The third kappa shape index (κ3) is 4.22. The topological polar surface area (TPSA) is 81.9 Å². The lowest BCUT2D eigenvalue weighted by atomic mass is 9.90. The Morgan fingerprint density at radius 2 is 1.73 bits per heavy atom. The average molecular weight is 412 g/mol. The smallest absolute Gasteiger partial charge is 0.251 e. The van der Waals surface area contributed by atoms with Crippen LogP contribution in [-0.4, -0.2) is 54.7 Å². The number of morpholine rings is 1. The highest BCUT2D eigenvalue weighted by Gasteiger charge is 2.45. The Morgan fingerprint density at radius 3 is 2.33 bits per heavy atom. The molecule has 0 unspecified atom stereocenters. The van der Waals surface area contributed by atoms with Crippen LogP contribution in [0.5, 0.6) is 0 Å². The zero-order valence-electron chi connectivity index (χ0n) is 16.7. The van der Waals surface area contributed by atoms with Gasteiger partial charge in [-0.05, 0) is 41.7 Å². The molecule has 30 heavy (non-hydrogen) atoms. The Balaban J connectivity index is 1.50. The Bertz CT molecular complexity index is 910. The van der Waals surface area contributed by atoms with Crippen molar-refractivity contribution in [2.45, 2.75) is 31.0 Å². The first-order chi connectivity index (χ1) is 14.5. The quantitative estimate of drug-likeness (QED) is 0.817. The Kier molecular flexibility index (Phi) is 5.83. The van der Waals surface area contributed by atoms with Crippen LogP contribution >= 0.6 is 0 Å². The summed E-state index contributed by atoms with van der Waals surface area (Å²) in [4.78, 5) is 26.8. The molecule has 2 fully saturated rings. The number of halogens is 1. The van der Waals surface area contributed by atoms with E-state index in [9.17, 15) is 14.0 Å². The fraction of sp³-hybridized carbons (Fsp3) is 0.391. The molecule has 7 heteroatoms. The van der Waals surface area contributed by atoms with E-state index in [0.29, 0.717) is 19.6 Å². The molecule has 2 heterocycles. The molecule has 2 N–H and O–H groups in total. The second-order valence-electron chi connectivity index (χ2n) is 7.85. The molecule has 6 nitrogen and oxygen atoms in total. The Labute approximate surface area is 174 Å². The zero-order chi connectivity index (χ0) is 21.1. The minimum atomic E-state index is -1.27. The largest absolute Gasteiger partial charge is 0.368 e. The van der Waals surface area contributed by atoms with Gasteiger partial charge in [-0.3, -0.25) is 9.59 Å². The number of primary amides is 1. The number of ether oxygens (including phenoxy) is 2. The molecule has 158 valence electrons. The average Bonchev–Trinajstić information content (AvgIpc) is 3.29. The Morgan fingerprint density at radius 1 is 1.07 bits per heavy atom. The van der Waals surface area contributed by atoms with Gasteiger partial charge in [0.05, 0.1) is 13.2 Å². The lowest BCUT2D eigenvalue weighted by Gasteiger charge is -2.41. The number of benzene rings is 2. The maximum atomic E-state index is 13.1. The molecule has 0 aliphatic carbocycles. The molecule has 0 bridgehead atoms. The van der Waals surface area contributed by atoms with Crippen LogP contribution in [0.15, 0.2) is 48.5 Å². The molecular formula is C23H25FN2O4. The van der Waals surface area contributed by atoms with Crippen molar-refractivity contribution >= 4 is 11.8 Å². The van der Waals surface area contributed by atoms with Crippen molar-refractivity contribution in [3.05, 3.63) is 59.9 Å². The van der Waals surface area contributed by atoms with Crippen molar-refractivity contribution in [1.29, 1.82) is 0 Å². The standard InChI is InChI=1S/C23H25FN2O4/c24-19-9-7-18(8-10-19)17-5-3-16(4-6-17)14-23(22(25)28)15-26(11-13-30-23)21(27)20-2-1-12-29-20/h3-10,20H,1-2,11-15H2,(H2,25,28)/t20-,23-/m0/s1. The molecular weight excluding hydrogens is 387 g/mol. The van der Waals surface area contributed by atoms with Crippen molar-refractivity contribution in [1.82, 2.24) is 4.90 Å². The van der Waals surface area contributed by atoms with Crippen LogP contribution in [0.1, 0.15) is 18.4 Å². The maximum absolute atomic E-state index is 13.1. The van der Waals surface area contributed by atoms with E-state index >= 15 is 0 Å². The molecule has 0 radical (unpaired) electrons. The minimum absolute atomic E-state index is 0.104. The summed E-state index contributed by atoms with van der Waals surface area (Å²) in [7, 11) is 0. The van der Waals surface area contributed by atoms with Crippen LogP contribution in [0.3, 0.4) is 0 Å². The number of hydrogen-bond acceptors (Lipinski definition) is 4. The van der Waals surface area contributed by atoms with E-state index in [4.69, 9.17) is 15.2 Å². The fourth-order valence-electron chi connectivity index (χ4n) is 4.08. The summed E-state index contributed by atoms with van der Waals surface area (Å²) >= 11 is 0. The van der Waals surface area contributed by atoms with Gasteiger partial charge in [-0.2, -0.15) is 0 Å². The number of rotatable bonds is 5. The van der Waals surface area contributed by atoms with Gasteiger partial charge in [0.1, 0.15) is 11.9 Å². The van der Waals surface area contributed by atoms with Crippen molar-refractivity contribution in [3.63, 3.8) is 0 Å². The maximum Gasteiger partial charge on any atom is 0.251 e. The number of hydrogen-bond donors (Lipinski definition) is 1. The van der Waals surface area contributed by atoms with Crippen LogP contribution in [0.25, 0.3) is 11.1 Å². The van der Waals surface area contributed by atoms with Gasteiger partial charge in [0, 0.05) is 19.6 Å². The van der Waals surface area contributed by atoms with Gasteiger partial charge < -0.3 is 20.1 Å². The van der Waals surface area contributed by atoms with Crippen molar-refractivity contribution in [3.8, 4) is 11.1 Å². The van der Waals surface area contributed by atoms with Crippen LogP contribution in [0.2, 0.25) is 0 Å². The van der Waals surface area contributed by atoms with Crippen molar-refractivity contribution < 1.29 is 23.5 Å². The number of carbonyl (C=O) groups excluding carboxylic acids is 2. The van der Waals surface area contributed by atoms with Gasteiger partial charge in [0.2, 0.25) is 0 Å². The van der Waals surface area contributed by atoms with Crippen LogP contribution < -0.4 is 5.73 Å². The molecule has 2 amide bonds. The van der Waals surface area contributed by atoms with Gasteiger partial charge >= 0.3 is 0 Å². The summed E-state index contributed by atoms with van der Waals surface area (Å²) in [6.45, 7) is 1.36. The van der Waals surface area contributed by atoms with Crippen LogP contribution in [-0.2, 0) is 25.5 Å². The van der Waals surface area contributed by atoms with Crippen LogP contribution in [0.4, 0.5) is 4.39 Å². The number of carbonyl (C=O) groups is 2. The molecule has 0 aromatic heterocycles. The predicted molar refractivity (Wildman–Crippen MR) is 109 cm³/mol. The number of nitrogens with two attached hydrogens (primary N) is 1. The molecule has 2 atom stereocenters. The zero-order valence-corrected chi connectivity index (χ0v) is 16.7. The highest BCUT2D eigenvalue weighted by molar-refractivity contribution is 5.87. The van der Waals surface area contributed by atoms with E-state index in [1.54, 1.807) is 17.0 Å². The lowest BCUT2D eigenvalue weighted by Crippen LogP contribution is -2.62. The van der Waals surface area contributed by atoms with E-state index in [1.165, 1.54) is 12.1 Å². The normalized spacial score (nSPS) is 24.0. The summed E-state index contributed by atoms with van der Waals surface area (Å²) < 4.78 is 24.5. The molecule has 2 aliphatic rings.